The van der Waals surface area contributed by atoms with Crippen LogP contribution in [-0.4, -0.2) is 16.5 Å². The summed E-state index contributed by atoms with van der Waals surface area (Å²) in [5, 5.41) is 18.9. The zero-order valence-electron chi connectivity index (χ0n) is 11.2. The van der Waals surface area contributed by atoms with Crippen molar-refractivity contribution in [3.63, 3.8) is 0 Å². The lowest BCUT2D eigenvalue weighted by molar-refractivity contribution is -0.274. The van der Waals surface area contributed by atoms with E-state index in [2.05, 4.69) is 9.72 Å². The molecule has 0 aliphatic carbocycles. The lowest BCUT2D eigenvalue weighted by atomic mass is 10.00. The molecule has 0 aliphatic rings. The Bertz CT molecular complexity index is 820. The zero-order chi connectivity index (χ0) is 16.5. The second kappa shape index (κ2) is 5.44. The number of nitrogens with one attached hydrogen (secondary N) is 1. The number of phenols is 1. The molecule has 1 heterocycles. The molecule has 0 saturated heterocycles. The van der Waals surface area contributed by atoms with E-state index in [1.807, 2.05) is 0 Å². The predicted octanol–water partition coefficient (Wildman–Crippen LogP) is 2.83. The van der Waals surface area contributed by atoms with Gasteiger partial charge in [0.05, 0.1) is 0 Å². The van der Waals surface area contributed by atoms with Crippen LogP contribution in [0.4, 0.5) is 13.2 Å². The molecule has 1 aromatic heterocycles. The molecule has 8 heteroatoms. The first-order chi connectivity index (χ1) is 10.2. The maximum absolute atomic E-state index is 12.3. The topological polar surface area (TPSA) is 86.1 Å². The van der Waals surface area contributed by atoms with E-state index in [0.29, 0.717) is 5.69 Å². The van der Waals surface area contributed by atoms with Gasteiger partial charge in [0.2, 0.25) is 0 Å². The summed E-state index contributed by atoms with van der Waals surface area (Å²) in [5.74, 6) is -0.946. The van der Waals surface area contributed by atoms with Gasteiger partial charge in [0.15, 0.2) is 0 Å². The number of aromatic amines is 1. The van der Waals surface area contributed by atoms with Gasteiger partial charge in [0.1, 0.15) is 23.1 Å². The van der Waals surface area contributed by atoms with E-state index in [4.69, 9.17) is 5.26 Å². The highest BCUT2D eigenvalue weighted by molar-refractivity contribution is 5.76. The molecule has 2 aromatic rings. The number of hydrogen-bond acceptors (Lipinski definition) is 4. The normalized spacial score (nSPS) is 11.0. The first-order valence-electron chi connectivity index (χ1n) is 5.94. The number of pyridine rings is 1. The molecule has 1 aromatic carbocycles. The predicted molar refractivity (Wildman–Crippen MR) is 70.3 cm³/mol. The number of nitrogens with zero attached hydrogens (tertiary/aromatic N) is 1. The fourth-order valence-electron chi connectivity index (χ4n) is 1.94. The minimum atomic E-state index is -4.89. The highest BCUT2D eigenvalue weighted by Gasteiger charge is 2.31. The second-order valence-corrected chi connectivity index (χ2v) is 4.41. The van der Waals surface area contributed by atoms with Crippen LogP contribution in [0.5, 0.6) is 11.5 Å². The van der Waals surface area contributed by atoms with Crippen LogP contribution in [0.3, 0.4) is 0 Å². The Morgan fingerprint density at radius 3 is 2.55 bits per heavy atom. The van der Waals surface area contributed by atoms with Gasteiger partial charge >= 0.3 is 6.36 Å². The Balaban J connectivity index is 2.65. The quantitative estimate of drug-likeness (QED) is 0.893. The fourth-order valence-corrected chi connectivity index (χ4v) is 1.94. The van der Waals surface area contributed by atoms with Crippen LogP contribution >= 0.6 is 0 Å². The molecule has 0 unspecified atom stereocenters. The van der Waals surface area contributed by atoms with Crippen LogP contribution < -0.4 is 10.3 Å². The highest BCUT2D eigenvalue weighted by Crippen LogP contribution is 2.35. The highest BCUT2D eigenvalue weighted by atomic mass is 19.4. The monoisotopic (exact) mass is 310 g/mol. The van der Waals surface area contributed by atoms with E-state index in [-0.39, 0.29) is 22.4 Å². The summed E-state index contributed by atoms with van der Waals surface area (Å²) in [6.07, 6.45) is -4.89. The molecule has 2 N–H and O–H groups in total. The van der Waals surface area contributed by atoms with Crippen LogP contribution in [-0.2, 0) is 0 Å². The van der Waals surface area contributed by atoms with Crippen LogP contribution in [0.15, 0.2) is 29.1 Å². The number of hydrogen-bond donors (Lipinski definition) is 2. The van der Waals surface area contributed by atoms with Crippen molar-refractivity contribution in [2.45, 2.75) is 13.3 Å². The van der Waals surface area contributed by atoms with Crippen molar-refractivity contribution in [1.29, 1.82) is 5.26 Å². The van der Waals surface area contributed by atoms with Crippen molar-refractivity contribution in [3.8, 4) is 28.7 Å². The van der Waals surface area contributed by atoms with Crippen molar-refractivity contribution in [3.05, 3.63) is 45.9 Å². The Morgan fingerprint density at radius 1 is 1.27 bits per heavy atom. The third-order valence-electron chi connectivity index (χ3n) is 2.77. The fraction of sp³-hybridized carbons (Fsp3) is 0.143. The van der Waals surface area contributed by atoms with Crippen molar-refractivity contribution in [1.82, 2.24) is 4.98 Å². The Kier molecular flexibility index (Phi) is 3.82. The average molecular weight is 310 g/mol. The molecule has 0 bridgehead atoms. The van der Waals surface area contributed by atoms with Crippen LogP contribution in [0.1, 0.15) is 11.3 Å². The Morgan fingerprint density at radius 2 is 1.95 bits per heavy atom. The number of ether oxygens (including phenoxy) is 1. The van der Waals surface area contributed by atoms with Gasteiger partial charge in [-0.1, -0.05) is 0 Å². The van der Waals surface area contributed by atoms with E-state index in [9.17, 15) is 23.1 Å². The molecular weight excluding hydrogens is 301 g/mol. The number of aromatic nitrogens is 1. The zero-order valence-corrected chi connectivity index (χ0v) is 11.2. The van der Waals surface area contributed by atoms with Crippen molar-refractivity contribution < 1.29 is 23.0 Å². The summed E-state index contributed by atoms with van der Waals surface area (Å²) in [7, 11) is 0. The molecule has 0 radical (unpaired) electrons. The number of alkyl halides is 3. The Labute approximate surface area is 122 Å². The third kappa shape index (κ3) is 3.20. The molecule has 114 valence electrons. The van der Waals surface area contributed by atoms with Gasteiger partial charge in [-0.15, -0.1) is 13.2 Å². The number of aromatic hydroxyl groups is 1. The third-order valence-corrected chi connectivity index (χ3v) is 2.77. The van der Waals surface area contributed by atoms with E-state index in [1.165, 1.54) is 6.07 Å². The van der Waals surface area contributed by atoms with E-state index in [1.54, 1.807) is 13.0 Å². The summed E-state index contributed by atoms with van der Waals surface area (Å²) < 4.78 is 40.5. The molecule has 0 spiro atoms. The summed E-state index contributed by atoms with van der Waals surface area (Å²) in [5.41, 5.74) is -0.703. The number of rotatable bonds is 2. The minimum Gasteiger partial charge on any atom is -0.507 e. The van der Waals surface area contributed by atoms with Gasteiger partial charge in [0, 0.05) is 16.8 Å². The number of halogens is 3. The minimum absolute atomic E-state index is 0.0221. The van der Waals surface area contributed by atoms with E-state index >= 15 is 0 Å². The van der Waals surface area contributed by atoms with Gasteiger partial charge in [-0.05, 0) is 31.2 Å². The molecule has 0 aliphatic heterocycles. The van der Waals surface area contributed by atoms with Gasteiger partial charge in [0.25, 0.3) is 5.56 Å². The number of nitriles is 1. The molecule has 0 amide bonds. The molecule has 2 rings (SSSR count). The molecule has 0 saturated carbocycles. The van der Waals surface area contributed by atoms with E-state index in [0.717, 1.165) is 18.2 Å². The van der Waals surface area contributed by atoms with Crippen LogP contribution in [0, 0.1) is 18.3 Å². The summed E-state index contributed by atoms with van der Waals surface area (Å²) in [6.45, 7) is 1.54. The van der Waals surface area contributed by atoms with Crippen molar-refractivity contribution in [2.24, 2.45) is 0 Å². The molecular formula is C14H9F3N2O3. The van der Waals surface area contributed by atoms with Gasteiger partial charge in [-0.2, -0.15) is 5.26 Å². The number of aryl methyl sites for hydroxylation is 1. The lowest BCUT2D eigenvalue weighted by Gasteiger charge is -2.12. The van der Waals surface area contributed by atoms with E-state index < -0.39 is 17.7 Å². The van der Waals surface area contributed by atoms with Crippen molar-refractivity contribution in [2.75, 3.05) is 0 Å². The number of H-pyrrole nitrogens is 1. The van der Waals surface area contributed by atoms with Crippen molar-refractivity contribution >= 4 is 0 Å². The molecule has 0 atom stereocenters. The van der Waals surface area contributed by atoms with Crippen LogP contribution in [0.25, 0.3) is 11.1 Å². The van der Waals surface area contributed by atoms with Gasteiger partial charge in [-0.25, -0.2) is 0 Å². The van der Waals surface area contributed by atoms with Gasteiger partial charge < -0.3 is 14.8 Å². The molecule has 22 heavy (non-hydrogen) atoms. The summed E-state index contributed by atoms with van der Waals surface area (Å²) in [4.78, 5) is 14.1. The van der Waals surface area contributed by atoms with Gasteiger partial charge in [-0.3, -0.25) is 4.79 Å². The maximum Gasteiger partial charge on any atom is 0.573 e. The average Bonchev–Trinajstić information content (AvgIpc) is 2.38. The Hall–Kier alpha value is -2.95. The second-order valence-electron chi connectivity index (χ2n) is 4.41. The molecule has 5 nitrogen and oxygen atoms in total. The lowest BCUT2D eigenvalue weighted by Crippen LogP contribution is -2.17. The standard InChI is InChI=1S/C14H9F3N2O3/c1-7-4-9(11(6-18)13(21)19-7)10-5-8(2-3-12(10)20)22-14(15,16)17/h2-5,20H,1H3,(H,19,21). The first kappa shape index (κ1) is 15.4. The first-order valence-corrected chi connectivity index (χ1v) is 5.94. The smallest absolute Gasteiger partial charge is 0.507 e. The number of benzene rings is 1. The largest absolute Gasteiger partial charge is 0.573 e. The summed E-state index contributed by atoms with van der Waals surface area (Å²) in [6, 6.07) is 5.89. The summed E-state index contributed by atoms with van der Waals surface area (Å²) >= 11 is 0. The molecule has 0 fully saturated rings. The maximum atomic E-state index is 12.3. The SMILES string of the molecule is Cc1cc(-c2cc(OC(F)(F)F)ccc2O)c(C#N)c(=O)[nH]1. The van der Waals surface area contributed by atoms with Crippen LogP contribution in [0.2, 0.25) is 0 Å². The number of phenolic OH excluding ortho intramolecular Hbond substituents is 1.